The molecular weight excluding hydrogens is 289 g/mol. The fraction of sp³-hybridized carbons (Fsp3) is 0.154. The molecule has 0 bridgehead atoms. The van der Waals surface area contributed by atoms with Crippen LogP contribution in [0.15, 0.2) is 35.0 Å². The third-order valence-electron chi connectivity index (χ3n) is 2.42. The van der Waals surface area contributed by atoms with Gasteiger partial charge in [0.25, 0.3) is 0 Å². The zero-order valence-electron chi connectivity index (χ0n) is 9.45. The molecule has 2 rings (SSSR count). The summed E-state index contributed by atoms with van der Waals surface area (Å²) in [5.74, 6) is -0.0282. The van der Waals surface area contributed by atoms with Crippen LogP contribution >= 0.6 is 34.5 Å². The minimum absolute atomic E-state index is 0.0282. The maximum absolute atomic E-state index is 11.7. The van der Waals surface area contributed by atoms with Gasteiger partial charge >= 0.3 is 0 Å². The normalized spacial score (nSPS) is 10.3. The summed E-state index contributed by atoms with van der Waals surface area (Å²) in [6.07, 6.45) is 1.20. The summed E-state index contributed by atoms with van der Waals surface area (Å²) in [4.78, 5) is 11.7. The molecule has 1 heterocycles. The molecule has 5 heteroatoms. The second-order valence-corrected chi connectivity index (χ2v) is 5.40. The molecule has 1 aromatic heterocycles. The molecule has 18 heavy (non-hydrogen) atoms. The second-order valence-electron chi connectivity index (χ2n) is 3.81. The van der Waals surface area contributed by atoms with E-state index in [1.54, 1.807) is 29.5 Å². The number of aryl methyl sites for hydroxylation is 1. The van der Waals surface area contributed by atoms with Crippen LogP contribution in [0.3, 0.4) is 0 Å². The van der Waals surface area contributed by atoms with Crippen molar-refractivity contribution in [1.82, 2.24) is 0 Å². The number of rotatable bonds is 4. The van der Waals surface area contributed by atoms with Crippen molar-refractivity contribution < 1.29 is 4.79 Å². The van der Waals surface area contributed by atoms with Gasteiger partial charge in [-0.25, -0.2) is 0 Å². The van der Waals surface area contributed by atoms with Crippen molar-refractivity contribution in [2.75, 3.05) is 5.32 Å². The van der Waals surface area contributed by atoms with Gasteiger partial charge in [0.1, 0.15) is 0 Å². The molecule has 0 saturated heterocycles. The predicted molar refractivity (Wildman–Crippen MR) is 77.7 cm³/mol. The molecule has 0 aliphatic carbocycles. The van der Waals surface area contributed by atoms with E-state index in [9.17, 15) is 4.79 Å². The van der Waals surface area contributed by atoms with E-state index >= 15 is 0 Å². The summed E-state index contributed by atoms with van der Waals surface area (Å²) in [6, 6.07) is 7.07. The molecule has 1 amide bonds. The molecule has 2 aromatic rings. The average Bonchev–Trinajstić information content (AvgIpc) is 2.84. The highest BCUT2D eigenvalue weighted by Gasteiger charge is 2.05. The van der Waals surface area contributed by atoms with E-state index in [-0.39, 0.29) is 5.91 Å². The third kappa shape index (κ3) is 3.73. The second kappa shape index (κ2) is 6.23. The summed E-state index contributed by atoms with van der Waals surface area (Å²) in [7, 11) is 0. The number of carbonyl (C=O) groups is 1. The number of hydrogen-bond donors (Lipinski definition) is 1. The fourth-order valence-corrected chi connectivity index (χ4v) is 2.49. The minimum Gasteiger partial charge on any atom is -0.326 e. The molecule has 0 atom stereocenters. The maximum Gasteiger partial charge on any atom is 0.224 e. The quantitative estimate of drug-likeness (QED) is 0.876. The zero-order valence-corrected chi connectivity index (χ0v) is 11.8. The SMILES string of the molecule is O=C(CCc1ccsc1)Nc1ccc(Cl)c(Cl)c1. The average molecular weight is 300 g/mol. The molecule has 0 unspecified atom stereocenters. The Kier molecular flexibility index (Phi) is 4.64. The van der Waals surface area contributed by atoms with Crippen molar-refractivity contribution >= 4 is 46.1 Å². The van der Waals surface area contributed by atoms with E-state index in [0.29, 0.717) is 22.2 Å². The smallest absolute Gasteiger partial charge is 0.224 e. The minimum atomic E-state index is -0.0282. The standard InChI is InChI=1S/C13H11Cl2NOS/c14-11-3-2-10(7-12(11)15)16-13(17)4-1-9-5-6-18-8-9/h2-3,5-8H,1,4H2,(H,16,17). The van der Waals surface area contributed by atoms with E-state index < -0.39 is 0 Å². The third-order valence-corrected chi connectivity index (χ3v) is 3.90. The van der Waals surface area contributed by atoms with Crippen molar-refractivity contribution in [2.24, 2.45) is 0 Å². The number of amides is 1. The van der Waals surface area contributed by atoms with Crippen LogP contribution in [0, 0.1) is 0 Å². The highest BCUT2D eigenvalue weighted by Crippen LogP contribution is 2.25. The van der Waals surface area contributed by atoms with E-state index in [0.717, 1.165) is 6.42 Å². The Morgan fingerprint density at radius 1 is 1.22 bits per heavy atom. The predicted octanol–water partition coefficient (Wildman–Crippen LogP) is 4.63. The maximum atomic E-state index is 11.7. The van der Waals surface area contributed by atoms with Gasteiger partial charge < -0.3 is 5.32 Å². The van der Waals surface area contributed by atoms with E-state index in [1.165, 1.54) is 5.56 Å². The molecule has 0 aliphatic rings. The number of anilines is 1. The molecule has 0 fully saturated rings. The van der Waals surface area contributed by atoms with Crippen LogP contribution in [0.25, 0.3) is 0 Å². The summed E-state index contributed by atoms with van der Waals surface area (Å²) in [6.45, 7) is 0. The van der Waals surface area contributed by atoms with Gasteiger partial charge in [-0.2, -0.15) is 11.3 Å². The van der Waals surface area contributed by atoms with Gasteiger partial charge in [0, 0.05) is 12.1 Å². The van der Waals surface area contributed by atoms with Gasteiger partial charge in [-0.3, -0.25) is 4.79 Å². The number of thiophene rings is 1. The number of nitrogens with one attached hydrogen (secondary N) is 1. The van der Waals surface area contributed by atoms with Crippen molar-refractivity contribution in [3.8, 4) is 0 Å². The van der Waals surface area contributed by atoms with Crippen molar-refractivity contribution in [3.05, 3.63) is 50.6 Å². The van der Waals surface area contributed by atoms with Crippen molar-refractivity contribution in [3.63, 3.8) is 0 Å². The topological polar surface area (TPSA) is 29.1 Å². The summed E-state index contributed by atoms with van der Waals surface area (Å²) < 4.78 is 0. The largest absolute Gasteiger partial charge is 0.326 e. The molecule has 0 saturated carbocycles. The summed E-state index contributed by atoms with van der Waals surface area (Å²) >= 11 is 13.3. The lowest BCUT2D eigenvalue weighted by molar-refractivity contribution is -0.116. The first-order chi connectivity index (χ1) is 8.65. The first-order valence-corrected chi connectivity index (χ1v) is 7.11. The van der Waals surface area contributed by atoms with Gasteiger partial charge in [-0.1, -0.05) is 23.2 Å². The van der Waals surface area contributed by atoms with Crippen LogP contribution in [0.2, 0.25) is 10.0 Å². The van der Waals surface area contributed by atoms with Crippen molar-refractivity contribution in [1.29, 1.82) is 0 Å². The Balaban J connectivity index is 1.88. The van der Waals surface area contributed by atoms with E-state index in [2.05, 4.69) is 5.32 Å². The van der Waals surface area contributed by atoms with Crippen LogP contribution in [0.1, 0.15) is 12.0 Å². The molecular formula is C13H11Cl2NOS. The Bertz CT molecular complexity index is 540. The molecule has 0 aliphatic heterocycles. The highest BCUT2D eigenvalue weighted by molar-refractivity contribution is 7.07. The van der Waals surface area contributed by atoms with E-state index in [4.69, 9.17) is 23.2 Å². The highest BCUT2D eigenvalue weighted by atomic mass is 35.5. The van der Waals surface area contributed by atoms with Crippen molar-refractivity contribution in [2.45, 2.75) is 12.8 Å². The Morgan fingerprint density at radius 3 is 2.72 bits per heavy atom. The Hall–Kier alpha value is -1.03. The van der Waals surface area contributed by atoms with Gasteiger partial charge in [-0.05, 0) is 47.0 Å². The first-order valence-electron chi connectivity index (χ1n) is 5.41. The molecule has 0 spiro atoms. The van der Waals surface area contributed by atoms with Gasteiger partial charge in [-0.15, -0.1) is 0 Å². The molecule has 1 N–H and O–H groups in total. The summed E-state index contributed by atoms with van der Waals surface area (Å²) in [5, 5.41) is 7.76. The van der Waals surface area contributed by atoms with Crippen LogP contribution < -0.4 is 5.32 Å². The first kappa shape index (κ1) is 13.4. The molecule has 0 radical (unpaired) electrons. The van der Waals surface area contributed by atoms with Crippen LogP contribution in [-0.2, 0) is 11.2 Å². The van der Waals surface area contributed by atoms with Gasteiger partial charge in [0.05, 0.1) is 10.0 Å². The lowest BCUT2D eigenvalue weighted by Gasteiger charge is -2.05. The number of benzene rings is 1. The van der Waals surface area contributed by atoms with E-state index in [1.807, 2.05) is 16.8 Å². The molecule has 1 aromatic carbocycles. The number of carbonyl (C=O) groups excluding carboxylic acids is 1. The Morgan fingerprint density at radius 2 is 2.06 bits per heavy atom. The lowest BCUT2D eigenvalue weighted by atomic mass is 10.2. The van der Waals surface area contributed by atoms with Gasteiger partial charge in [0.15, 0.2) is 0 Å². The van der Waals surface area contributed by atoms with Crippen LogP contribution in [0.4, 0.5) is 5.69 Å². The Labute approximate surface area is 120 Å². The molecule has 2 nitrogen and oxygen atoms in total. The number of halogens is 2. The van der Waals surface area contributed by atoms with Gasteiger partial charge in [0.2, 0.25) is 5.91 Å². The van der Waals surface area contributed by atoms with Crippen LogP contribution in [0.5, 0.6) is 0 Å². The number of hydrogen-bond acceptors (Lipinski definition) is 2. The fourth-order valence-electron chi connectivity index (χ4n) is 1.49. The monoisotopic (exact) mass is 299 g/mol. The lowest BCUT2D eigenvalue weighted by Crippen LogP contribution is -2.12. The molecule has 94 valence electrons. The summed E-state index contributed by atoms with van der Waals surface area (Å²) in [5.41, 5.74) is 1.85. The zero-order chi connectivity index (χ0) is 13.0. The van der Waals surface area contributed by atoms with Crippen LogP contribution in [-0.4, -0.2) is 5.91 Å².